The summed E-state index contributed by atoms with van der Waals surface area (Å²) in [6.07, 6.45) is 1.87. The van der Waals surface area contributed by atoms with Crippen molar-refractivity contribution in [1.82, 2.24) is 0 Å². The first-order valence-corrected chi connectivity index (χ1v) is 7.31. The topological polar surface area (TPSA) is 57.5 Å². The average molecular weight is 268 g/mol. The second-order valence-electron chi connectivity index (χ2n) is 3.22. The predicted molar refractivity (Wildman–Crippen MR) is 59.6 cm³/mol. The number of rotatable bonds is 4. The van der Waals surface area contributed by atoms with E-state index in [9.17, 15) is 13.3 Å². The standard InChI is InChI=1S/C9H11F2O3PS/c1-16-6-7-2-4-8(5-3-7)9(10,11)15(12,13)14/h2-5H,6H2,1H3,(H2,12,13,14). The van der Waals surface area contributed by atoms with Crippen molar-refractivity contribution in [2.24, 2.45) is 0 Å². The molecule has 0 bridgehead atoms. The lowest BCUT2D eigenvalue weighted by Gasteiger charge is -2.17. The molecular weight excluding hydrogens is 257 g/mol. The molecule has 0 aromatic heterocycles. The maximum Gasteiger partial charge on any atom is 0.399 e. The van der Waals surface area contributed by atoms with Gasteiger partial charge in [-0.15, -0.1) is 0 Å². The lowest BCUT2D eigenvalue weighted by molar-refractivity contribution is 0.0564. The molecule has 1 rings (SSSR count). The Labute approximate surface area is 96.0 Å². The minimum absolute atomic E-state index is 0.661. The van der Waals surface area contributed by atoms with Crippen LogP contribution in [0.1, 0.15) is 11.1 Å². The van der Waals surface area contributed by atoms with Gasteiger partial charge < -0.3 is 9.79 Å². The van der Waals surface area contributed by atoms with Crippen LogP contribution in [0.15, 0.2) is 24.3 Å². The van der Waals surface area contributed by atoms with Crippen LogP contribution in [0.3, 0.4) is 0 Å². The zero-order valence-corrected chi connectivity index (χ0v) is 10.1. The maximum atomic E-state index is 13.2. The molecule has 1 aromatic carbocycles. The van der Waals surface area contributed by atoms with E-state index in [1.807, 2.05) is 6.26 Å². The average Bonchev–Trinajstić information content (AvgIpc) is 2.17. The number of benzene rings is 1. The van der Waals surface area contributed by atoms with E-state index >= 15 is 0 Å². The Kier molecular flexibility index (Phi) is 4.12. The van der Waals surface area contributed by atoms with E-state index in [0.717, 1.165) is 17.7 Å². The van der Waals surface area contributed by atoms with Gasteiger partial charge in [-0.05, 0) is 11.8 Å². The highest BCUT2D eigenvalue weighted by Gasteiger charge is 2.50. The minimum atomic E-state index is -5.46. The van der Waals surface area contributed by atoms with Gasteiger partial charge in [-0.2, -0.15) is 20.5 Å². The molecule has 0 aliphatic rings. The van der Waals surface area contributed by atoms with Gasteiger partial charge in [0.25, 0.3) is 0 Å². The zero-order valence-electron chi connectivity index (χ0n) is 8.43. The lowest BCUT2D eigenvalue weighted by atomic mass is 10.1. The minimum Gasteiger partial charge on any atom is -0.320 e. The summed E-state index contributed by atoms with van der Waals surface area (Å²) in [5.41, 5.74) is -3.95. The third kappa shape index (κ3) is 2.83. The summed E-state index contributed by atoms with van der Waals surface area (Å²) >= 11 is 1.53. The van der Waals surface area contributed by atoms with E-state index in [0.29, 0.717) is 5.75 Å². The molecular formula is C9H11F2O3PS. The van der Waals surface area contributed by atoms with Crippen LogP contribution in [0.5, 0.6) is 0 Å². The highest BCUT2D eigenvalue weighted by Crippen LogP contribution is 2.59. The van der Waals surface area contributed by atoms with Crippen molar-refractivity contribution in [2.75, 3.05) is 6.26 Å². The Morgan fingerprint density at radius 1 is 1.31 bits per heavy atom. The second kappa shape index (κ2) is 4.84. The summed E-state index contributed by atoms with van der Waals surface area (Å²) in [4.78, 5) is 17.1. The molecule has 0 spiro atoms. The van der Waals surface area contributed by atoms with Gasteiger partial charge in [0, 0.05) is 11.3 Å². The smallest absolute Gasteiger partial charge is 0.320 e. The molecule has 0 fully saturated rings. The Hall–Kier alpha value is -0.420. The molecule has 0 aliphatic heterocycles. The van der Waals surface area contributed by atoms with Crippen molar-refractivity contribution in [3.05, 3.63) is 35.4 Å². The fraction of sp³-hybridized carbons (Fsp3) is 0.333. The van der Waals surface area contributed by atoms with Gasteiger partial charge in [0.1, 0.15) is 0 Å². The third-order valence-electron chi connectivity index (χ3n) is 1.98. The Balaban J connectivity index is 3.02. The summed E-state index contributed by atoms with van der Waals surface area (Å²) < 4.78 is 37.0. The van der Waals surface area contributed by atoms with Gasteiger partial charge in [0.05, 0.1) is 0 Å². The molecule has 0 radical (unpaired) electrons. The molecule has 7 heteroatoms. The highest BCUT2D eigenvalue weighted by molar-refractivity contribution is 7.97. The molecule has 2 N–H and O–H groups in total. The van der Waals surface area contributed by atoms with Crippen LogP contribution in [0.4, 0.5) is 8.78 Å². The summed E-state index contributed by atoms with van der Waals surface area (Å²) in [7, 11) is -5.46. The van der Waals surface area contributed by atoms with E-state index in [4.69, 9.17) is 9.79 Å². The quantitative estimate of drug-likeness (QED) is 0.824. The zero-order chi connectivity index (χ0) is 12.4. The first-order chi connectivity index (χ1) is 7.29. The van der Waals surface area contributed by atoms with Gasteiger partial charge in [-0.1, -0.05) is 24.3 Å². The lowest BCUT2D eigenvalue weighted by Crippen LogP contribution is -2.13. The molecule has 90 valence electrons. The van der Waals surface area contributed by atoms with Crippen LogP contribution in [0, 0.1) is 0 Å². The van der Waals surface area contributed by atoms with Crippen molar-refractivity contribution in [1.29, 1.82) is 0 Å². The monoisotopic (exact) mass is 268 g/mol. The van der Waals surface area contributed by atoms with Gasteiger partial charge in [0.2, 0.25) is 0 Å². The first-order valence-electron chi connectivity index (χ1n) is 4.31. The SMILES string of the molecule is CSCc1ccc(C(F)(F)P(=O)(O)O)cc1. The van der Waals surface area contributed by atoms with E-state index in [1.54, 1.807) is 0 Å². The van der Waals surface area contributed by atoms with Crippen LogP contribution < -0.4 is 0 Å². The third-order valence-corrected chi connectivity index (χ3v) is 3.59. The van der Waals surface area contributed by atoms with E-state index in [1.165, 1.54) is 23.9 Å². The van der Waals surface area contributed by atoms with Gasteiger partial charge >= 0.3 is 13.3 Å². The number of hydrogen-bond donors (Lipinski definition) is 2. The molecule has 0 unspecified atom stereocenters. The number of thioether (sulfide) groups is 1. The molecule has 16 heavy (non-hydrogen) atoms. The van der Waals surface area contributed by atoms with E-state index in [-0.39, 0.29) is 0 Å². The molecule has 0 saturated carbocycles. The fourth-order valence-electron chi connectivity index (χ4n) is 1.14. The summed E-state index contributed by atoms with van der Waals surface area (Å²) in [5, 5.41) is 0. The summed E-state index contributed by atoms with van der Waals surface area (Å²) in [5.74, 6) is 0.668. The molecule has 0 saturated heterocycles. The van der Waals surface area contributed by atoms with Crippen molar-refractivity contribution < 1.29 is 23.1 Å². The molecule has 0 heterocycles. The molecule has 1 aromatic rings. The van der Waals surface area contributed by atoms with Gasteiger partial charge in [0.15, 0.2) is 0 Å². The number of alkyl halides is 2. The maximum absolute atomic E-state index is 13.2. The fourth-order valence-corrected chi connectivity index (χ4v) is 2.15. The molecule has 0 atom stereocenters. The second-order valence-corrected chi connectivity index (χ2v) is 5.73. The Bertz CT molecular complexity index is 402. The predicted octanol–water partition coefficient (Wildman–Crippen LogP) is 2.78. The van der Waals surface area contributed by atoms with Crippen LogP contribution >= 0.6 is 19.4 Å². The summed E-state index contributed by atoms with van der Waals surface area (Å²) in [6, 6.07) is 4.97. The number of halogens is 2. The van der Waals surface area contributed by atoms with Crippen molar-refractivity contribution in [2.45, 2.75) is 11.4 Å². The van der Waals surface area contributed by atoms with Gasteiger partial charge in [-0.25, -0.2) is 0 Å². The Morgan fingerprint density at radius 2 is 1.81 bits per heavy atom. The number of hydrogen-bond acceptors (Lipinski definition) is 2. The van der Waals surface area contributed by atoms with Crippen LogP contribution in [0.25, 0.3) is 0 Å². The van der Waals surface area contributed by atoms with E-state index in [2.05, 4.69) is 0 Å². The largest absolute Gasteiger partial charge is 0.399 e. The van der Waals surface area contributed by atoms with Crippen molar-refractivity contribution >= 4 is 19.4 Å². The van der Waals surface area contributed by atoms with Crippen LogP contribution in [-0.2, 0) is 16.0 Å². The normalized spacial score (nSPS) is 12.8. The van der Waals surface area contributed by atoms with Crippen molar-refractivity contribution in [3.63, 3.8) is 0 Å². The molecule has 0 amide bonds. The summed E-state index contributed by atoms with van der Waals surface area (Å²) in [6.45, 7) is 0. The highest BCUT2D eigenvalue weighted by atomic mass is 32.2. The molecule has 3 nitrogen and oxygen atoms in total. The molecule has 0 aliphatic carbocycles. The Morgan fingerprint density at radius 3 is 2.19 bits per heavy atom. The van der Waals surface area contributed by atoms with Gasteiger partial charge in [-0.3, -0.25) is 4.57 Å². The van der Waals surface area contributed by atoms with Crippen LogP contribution in [0.2, 0.25) is 0 Å². The van der Waals surface area contributed by atoms with Crippen LogP contribution in [-0.4, -0.2) is 16.0 Å². The van der Waals surface area contributed by atoms with E-state index < -0.39 is 18.8 Å². The first kappa shape index (κ1) is 13.6. The van der Waals surface area contributed by atoms with Crippen molar-refractivity contribution in [3.8, 4) is 0 Å².